The van der Waals surface area contributed by atoms with Crippen LogP contribution >= 0.6 is 12.2 Å². The first-order chi connectivity index (χ1) is 19.1. The SMILES string of the molecule is CCCCN(Cc1ccc(-c2ccccc2-c2nn[nH]n2)cc1)C(=S)N(CC(=O)OCC)Cc1ccccn1. The quantitative estimate of drug-likeness (QED) is 0.198. The van der Waals surface area contributed by atoms with Crippen molar-refractivity contribution in [1.29, 1.82) is 0 Å². The number of aromatic nitrogens is 5. The normalized spacial score (nSPS) is 10.7. The Morgan fingerprint density at radius 3 is 2.38 bits per heavy atom. The van der Waals surface area contributed by atoms with Crippen molar-refractivity contribution in [2.75, 3.05) is 19.7 Å². The van der Waals surface area contributed by atoms with Gasteiger partial charge in [-0.25, -0.2) is 0 Å². The van der Waals surface area contributed by atoms with E-state index in [1.807, 2.05) is 47.4 Å². The van der Waals surface area contributed by atoms with Gasteiger partial charge in [0.1, 0.15) is 6.54 Å². The molecule has 2 aromatic carbocycles. The minimum Gasteiger partial charge on any atom is -0.465 e. The van der Waals surface area contributed by atoms with Gasteiger partial charge in [0.05, 0.1) is 18.8 Å². The molecule has 202 valence electrons. The smallest absolute Gasteiger partial charge is 0.325 e. The lowest BCUT2D eigenvalue weighted by atomic mass is 9.98. The Morgan fingerprint density at radius 2 is 1.72 bits per heavy atom. The number of pyridine rings is 1. The van der Waals surface area contributed by atoms with Crippen molar-refractivity contribution >= 4 is 23.3 Å². The Hall–Kier alpha value is -4.18. The second-order valence-corrected chi connectivity index (χ2v) is 9.38. The number of carbonyl (C=O) groups is 1. The molecule has 0 saturated carbocycles. The molecular formula is C29H33N7O2S. The number of carbonyl (C=O) groups excluding carboxylic acids is 1. The van der Waals surface area contributed by atoms with Crippen LogP contribution in [0, 0.1) is 0 Å². The number of ether oxygens (including phenoxy) is 1. The Balaban J connectivity index is 1.54. The van der Waals surface area contributed by atoms with Crippen LogP contribution in [0.5, 0.6) is 0 Å². The molecule has 0 unspecified atom stereocenters. The fourth-order valence-electron chi connectivity index (χ4n) is 4.25. The molecule has 10 heteroatoms. The summed E-state index contributed by atoms with van der Waals surface area (Å²) in [7, 11) is 0. The number of esters is 1. The molecule has 0 atom stereocenters. The molecule has 9 nitrogen and oxygen atoms in total. The van der Waals surface area contributed by atoms with Gasteiger partial charge >= 0.3 is 5.97 Å². The second-order valence-electron chi connectivity index (χ2n) is 9.02. The van der Waals surface area contributed by atoms with E-state index >= 15 is 0 Å². The molecule has 2 heterocycles. The van der Waals surface area contributed by atoms with Gasteiger partial charge in [-0.1, -0.05) is 67.9 Å². The lowest BCUT2D eigenvalue weighted by Crippen LogP contribution is -2.45. The van der Waals surface area contributed by atoms with Gasteiger partial charge in [-0.3, -0.25) is 9.78 Å². The highest BCUT2D eigenvalue weighted by Crippen LogP contribution is 2.30. The number of hydrogen-bond acceptors (Lipinski definition) is 7. The van der Waals surface area contributed by atoms with Crippen molar-refractivity contribution in [2.45, 2.75) is 39.8 Å². The molecule has 0 radical (unpaired) electrons. The fourth-order valence-corrected chi connectivity index (χ4v) is 4.53. The summed E-state index contributed by atoms with van der Waals surface area (Å²) in [6.45, 7) is 6.17. The number of benzene rings is 2. The highest BCUT2D eigenvalue weighted by Gasteiger charge is 2.21. The number of aromatic amines is 1. The number of nitrogens with zero attached hydrogens (tertiary/aromatic N) is 6. The molecular weight excluding hydrogens is 510 g/mol. The van der Waals surface area contributed by atoms with Crippen LogP contribution in [0.15, 0.2) is 72.9 Å². The molecule has 4 rings (SSSR count). The van der Waals surface area contributed by atoms with Gasteiger partial charge in [0.25, 0.3) is 0 Å². The summed E-state index contributed by atoms with van der Waals surface area (Å²) in [6.07, 6.45) is 3.75. The van der Waals surface area contributed by atoms with Crippen LogP contribution in [-0.2, 0) is 22.6 Å². The average molecular weight is 544 g/mol. The first kappa shape index (κ1) is 27.8. The van der Waals surface area contributed by atoms with Crippen LogP contribution in [-0.4, -0.2) is 66.2 Å². The van der Waals surface area contributed by atoms with Crippen molar-refractivity contribution in [3.05, 3.63) is 84.2 Å². The molecule has 0 saturated heterocycles. The predicted molar refractivity (Wildman–Crippen MR) is 154 cm³/mol. The second kappa shape index (κ2) is 14.1. The van der Waals surface area contributed by atoms with Crippen LogP contribution in [0.3, 0.4) is 0 Å². The Labute approximate surface area is 234 Å². The van der Waals surface area contributed by atoms with Gasteiger partial charge in [0.15, 0.2) is 5.11 Å². The third-order valence-electron chi connectivity index (χ3n) is 6.18. The van der Waals surface area contributed by atoms with E-state index in [-0.39, 0.29) is 12.5 Å². The highest BCUT2D eigenvalue weighted by molar-refractivity contribution is 7.80. The third kappa shape index (κ3) is 7.67. The summed E-state index contributed by atoms with van der Waals surface area (Å²) in [4.78, 5) is 20.9. The molecule has 4 aromatic rings. The molecule has 0 aliphatic carbocycles. The number of rotatable bonds is 12. The zero-order valence-electron chi connectivity index (χ0n) is 22.3. The van der Waals surface area contributed by atoms with Crippen LogP contribution in [0.1, 0.15) is 37.9 Å². The van der Waals surface area contributed by atoms with Crippen LogP contribution in [0.2, 0.25) is 0 Å². The van der Waals surface area contributed by atoms with Crippen molar-refractivity contribution in [3.8, 4) is 22.5 Å². The first-order valence-electron chi connectivity index (χ1n) is 13.1. The van der Waals surface area contributed by atoms with E-state index in [2.05, 4.69) is 61.7 Å². The number of unbranched alkanes of at least 4 members (excludes halogenated alkanes) is 1. The van der Waals surface area contributed by atoms with E-state index < -0.39 is 0 Å². The van der Waals surface area contributed by atoms with E-state index in [1.54, 1.807) is 13.1 Å². The Morgan fingerprint density at radius 1 is 0.949 bits per heavy atom. The summed E-state index contributed by atoms with van der Waals surface area (Å²) in [5.41, 5.74) is 4.95. The summed E-state index contributed by atoms with van der Waals surface area (Å²) >= 11 is 5.97. The van der Waals surface area contributed by atoms with Gasteiger partial charge in [-0.15, -0.1) is 10.2 Å². The largest absolute Gasteiger partial charge is 0.465 e. The first-order valence-corrected chi connectivity index (χ1v) is 13.5. The minimum absolute atomic E-state index is 0.0671. The van der Waals surface area contributed by atoms with E-state index in [4.69, 9.17) is 17.0 Å². The molecule has 0 spiro atoms. The fraction of sp³-hybridized carbons (Fsp3) is 0.310. The third-order valence-corrected chi connectivity index (χ3v) is 6.70. The number of nitrogens with one attached hydrogen (secondary N) is 1. The van der Waals surface area contributed by atoms with E-state index in [9.17, 15) is 4.79 Å². The lowest BCUT2D eigenvalue weighted by Gasteiger charge is -2.33. The van der Waals surface area contributed by atoms with Crippen LogP contribution in [0.4, 0.5) is 0 Å². The summed E-state index contributed by atoms with van der Waals surface area (Å²) in [5.74, 6) is 0.246. The van der Waals surface area contributed by atoms with Gasteiger partial charge in [0, 0.05) is 24.8 Å². The molecule has 0 fully saturated rings. The number of H-pyrrole nitrogens is 1. The zero-order chi connectivity index (χ0) is 27.5. The van der Waals surface area contributed by atoms with Gasteiger partial charge in [-0.05, 0) is 59.6 Å². The standard InChI is InChI=1S/C29H33N7O2S/c1-3-5-18-35(29(39)36(21-27(37)38-4-2)20-24-10-8-9-17-30-24)19-22-13-15-23(16-14-22)25-11-6-7-12-26(25)28-31-33-34-32-28/h6-17H,3-5,18-21H2,1-2H3,(H,31,32,33,34). The number of thiocarbonyl (C=S) groups is 1. The molecule has 2 aromatic heterocycles. The number of hydrogen-bond donors (Lipinski definition) is 1. The molecule has 0 amide bonds. The monoisotopic (exact) mass is 543 g/mol. The topological polar surface area (TPSA) is 100 Å². The maximum absolute atomic E-state index is 12.5. The molecule has 1 N–H and O–H groups in total. The van der Waals surface area contributed by atoms with Crippen LogP contribution < -0.4 is 0 Å². The molecule has 0 aliphatic heterocycles. The van der Waals surface area contributed by atoms with Gasteiger partial charge in [-0.2, -0.15) is 5.21 Å². The number of tetrazole rings is 1. The predicted octanol–water partition coefficient (Wildman–Crippen LogP) is 4.88. The maximum Gasteiger partial charge on any atom is 0.325 e. The highest BCUT2D eigenvalue weighted by atomic mass is 32.1. The average Bonchev–Trinajstić information content (AvgIpc) is 3.51. The van der Waals surface area contributed by atoms with E-state index in [0.717, 1.165) is 47.3 Å². The Kier molecular flexibility index (Phi) is 10.1. The maximum atomic E-state index is 12.5. The van der Waals surface area contributed by atoms with Crippen LogP contribution in [0.25, 0.3) is 22.5 Å². The summed E-state index contributed by atoms with van der Waals surface area (Å²) < 4.78 is 5.24. The lowest BCUT2D eigenvalue weighted by molar-refractivity contribution is -0.143. The van der Waals surface area contributed by atoms with Crippen molar-refractivity contribution in [1.82, 2.24) is 35.4 Å². The Bertz CT molecular complexity index is 1330. The molecule has 39 heavy (non-hydrogen) atoms. The van der Waals surface area contributed by atoms with Gasteiger partial charge < -0.3 is 14.5 Å². The summed E-state index contributed by atoms with van der Waals surface area (Å²) in [5, 5.41) is 15.1. The minimum atomic E-state index is -0.309. The van der Waals surface area contributed by atoms with E-state index in [0.29, 0.717) is 30.6 Å². The van der Waals surface area contributed by atoms with Crippen molar-refractivity contribution in [2.24, 2.45) is 0 Å². The zero-order valence-corrected chi connectivity index (χ0v) is 23.1. The molecule has 0 aliphatic rings. The summed E-state index contributed by atoms with van der Waals surface area (Å²) in [6, 6.07) is 22.1. The van der Waals surface area contributed by atoms with Gasteiger partial charge in [0.2, 0.25) is 5.82 Å². The van der Waals surface area contributed by atoms with Crippen molar-refractivity contribution in [3.63, 3.8) is 0 Å². The van der Waals surface area contributed by atoms with Crippen molar-refractivity contribution < 1.29 is 9.53 Å². The van der Waals surface area contributed by atoms with E-state index in [1.165, 1.54) is 0 Å². The molecule has 0 bridgehead atoms.